The highest BCUT2D eigenvalue weighted by molar-refractivity contribution is 5.92. The van der Waals surface area contributed by atoms with Crippen molar-refractivity contribution in [3.8, 4) is 5.88 Å². The van der Waals surface area contributed by atoms with Gasteiger partial charge in [-0.15, -0.1) is 24.8 Å². The van der Waals surface area contributed by atoms with Crippen LogP contribution < -0.4 is 15.4 Å². The molecule has 1 unspecified atom stereocenters. The molecule has 1 aromatic heterocycles. The van der Waals surface area contributed by atoms with Crippen LogP contribution in [0.3, 0.4) is 0 Å². The molecule has 0 bridgehead atoms. The average Bonchev–Trinajstić information content (AvgIpc) is 2.46. The lowest BCUT2D eigenvalue weighted by molar-refractivity contribution is -0.148. The summed E-state index contributed by atoms with van der Waals surface area (Å²) < 4.78 is 53.8. The van der Waals surface area contributed by atoms with Gasteiger partial charge in [0.2, 0.25) is 11.8 Å². The fourth-order valence-corrected chi connectivity index (χ4v) is 1.44. The van der Waals surface area contributed by atoms with Crippen LogP contribution in [0.25, 0.3) is 0 Å². The molecule has 1 aromatic rings. The average molecular weight is 396 g/mol. The van der Waals surface area contributed by atoms with Gasteiger partial charge in [0.1, 0.15) is 0 Å². The Morgan fingerprint density at radius 3 is 2.42 bits per heavy atom. The van der Waals surface area contributed by atoms with Gasteiger partial charge in [-0.3, -0.25) is 4.79 Å². The van der Waals surface area contributed by atoms with E-state index in [0.717, 1.165) is 0 Å². The maximum atomic E-state index is 12.7. The van der Waals surface area contributed by atoms with E-state index in [0.29, 0.717) is 12.2 Å². The van der Waals surface area contributed by atoms with Crippen molar-refractivity contribution >= 4 is 36.4 Å². The molecule has 0 saturated carbocycles. The van der Waals surface area contributed by atoms with Crippen molar-refractivity contribution in [3.05, 3.63) is 18.3 Å². The van der Waals surface area contributed by atoms with Gasteiger partial charge in [0.15, 0.2) is 6.61 Å². The van der Waals surface area contributed by atoms with Crippen molar-refractivity contribution < 1.29 is 27.1 Å². The lowest BCUT2D eigenvalue weighted by atomic mass is 10.1. The summed E-state index contributed by atoms with van der Waals surface area (Å²) in [6.07, 6.45) is -2.61. The van der Waals surface area contributed by atoms with Crippen LogP contribution in [0.1, 0.15) is 6.92 Å². The lowest BCUT2D eigenvalue weighted by Crippen LogP contribution is -2.33. The number of aromatic nitrogens is 1. The number of halogens is 6. The molecule has 0 aliphatic carbocycles. The molecule has 1 atom stereocenters. The van der Waals surface area contributed by atoms with Crippen LogP contribution in [0, 0.1) is 5.92 Å². The van der Waals surface area contributed by atoms with Crippen LogP contribution in [-0.4, -0.2) is 43.4 Å². The number of hydrogen-bond acceptors (Lipinski definition) is 4. The van der Waals surface area contributed by atoms with Crippen molar-refractivity contribution in [2.75, 3.05) is 25.5 Å². The number of alkyl halides is 4. The van der Waals surface area contributed by atoms with E-state index >= 15 is 0 Å². The highest BCUT2D eigenvalue weighted by Crippen LogP contribution is 2.24. The number of carbonyl (C=O) groups is 1. The van der Waals surface area contributed by atoms with E-state index in [1.807, 2.05) is 0 Å². The quantitative estimate of drug-likeness (QED) is 0.664. The lowest BCUT2D eigenvalue weighted by Gasteiger charge is -2.15. The molecule has 2 N–H and O–H groups in total. The van der Waals surface area contributed by atoms with Gasteiger partial charge in [0.05, 0.1) is 11.9 Å². The van der Waals surface area contributed by atoms with E-state index in [1.54, 1.807) is 14.0 Å². The van der Waals surface area contributed by atoms with E-state index in [1.165, 1.54) is 18.3 Å². The highest BCUT2D eigenvalue weighted by Gasteiger charge is 2.41. The van der Waals surface area contributed by atoms with Gasteiger partial charge in [-0.1, -0.05) is 6.92 Å². The molecule has 1 rings (SSSR count). The number of carbonyl (C=O) groups excluding carboxylic acids is 1. The van der Waals surface area contributed by atoms with Crippen molar-refractivity contribution in [2.45, 2.75) is 19.3 Å². The van der Waals surface area contributed by atoms with Crippen molar-refractivity contribution in [1.82, 2.24) is 10.3 Å². The fraction of sp³-hybridized carbons (Fsp3) is 0.538. The van der Waals surface area contributed by atoms with Gasteiger partial charge >= 0.3 is 12.3 Å². The first-order valence-electron chi connectivity index (χ1n) is 6.46. The molecule has 24 heavy (non-hydrogen) atoms. The topological polar surface area (TPSA) is 63.2 Å². The van der Waals surface area contributed by atoms with Gasteiger partial charge in [-0.2, -0.15) is 8.78 Å². The van der Waals surface area contributed by atoms with Crippen LogP contribution in [0.15, 0.2) is 18.3 Å². The molecular formula is C13H19Cl2F4N3O2. The Bertz CT molecular complexity index is 493. The van der Waals surface area contributed by atoms with Crippen LogP contribution >= 0.6 is 24.8 Å². The van der Waals surface area contributed by atoms with Gasteiger partial charge in [0.25, 0.3) is 0 Å². The van der Waals surface area contributed by atoms with Crippen molar-refractivity contribution in [3.63, 3.8) is 0 Å². The molecule has 0 aromatic carbocycles. The number of hydrogen-bond donors (Lipinski definition) is 2. The van der Waals surface area contributed by atoms with E-state index < -0.39 is 19.0 Å². The Labute approximate surface area is 149 Å². The smallest absolute Gasteiger partial charge is 0.340 e. The Hall–Kier alpha value is -1.32. The van der Waals surface area contributed by atoms with E-state index in [2.05, 4.69) is 20.4 Å². The zero-order chi connectivity index (χ0) is 16.8. The van der Waals surface area contributed by atoms with Gasteiger partial charge in [0, 0.05) is 18.5 Å². The molecule has 1 amide bonds. The normalized spacial score (nSPS) is 12.0. The Morgan fingerprint density at radius 2 is 1.96 bits per heavy atom. The summed E-state index contributed by atoms with van der Waals surface area (Å²) in [6, 6.07) is 2.59. The second-order valence-corrected chi connectivity index (χ2v) is 4.68. The number of amides is 1. The molecule has 0 radical (unpaired) electrons. The summed E-state index contributed by atoms with van der Waals surface area (Å²) in [7, 11) is 1.71. The van der Waals surface area contributed by atoms with Crippen LogP contribution in [-0.2, 0) is 4.79 Å². The Morgan fingerprint density at radius 1 is 1.33 bits per heavy atom. The van der Waals surface area contributed by atoms with Crippen LogP contribution in [0.2, 0.25) is 0 Å². The van der Waals surface area contributed by atoms with E-state index in [9.17, 15) is 22.4 Å². The number of ether oxygens (including phenoxy) is 1. The minimum absolute atomic E-state index is 0. The minimum atomic E-state index is -4.24. The zero-order valence-electron chi connectivity index (χ0n) is 12.9. The molecule has 0 fully saturated rings. The summed E-state index contributed by atoms with van der Waals surface area (Å²) in [6.45, 7) is 0.745. The molecule has 0 saturated heterocycles. The largest absolute Gasteiger partial charge is 0.471 e. The third kappa shape index (κ3) is 7.98. The molecule has 140 valence electrons. The highest BCUT2D eigenvalue weighted by atomic mass is 35.5. The standard InChI is InChI=1S/C13H17F4N3O2.2ClH/c1-8(5-18-2)11(21)20-9-3-4-10(19-6-9)22-7-13(16,17)12(14)15;;/h3-4,6,8,12,18H,5,7H2,1-2H3,(H,20,21);2*1H. The third-order valence-electron chi connectivity index (χ3n) is 2.69. The number of pyridine rings is 1. The van der Waals surface area contributed by atoms with Crippen molar-refractivity contribution in [2.24, 2.45) is 5.92 Å². The maximum absolute atomic E-state index is 12.7. The predicted octanol–water partition coefficient (Wildman–Crippen LogP) is 3.00. The maximum Gasteiger partial charge on any atom is 0.340 e. The molecule has 0 spiro atoms. The van der Waals surface area contributed by atoms with Crippen molar-refractivity contribution in [1.29, 1.82) is 0 Å². The fourth-order valence-electron chi connectivity index (χ4n) is 1.44. The van der Waals surface area contributed by atoms with Gasteiger partial charge < -0.3 is 15.4 Å². The molecule has 1 heterocycles. The summed E-state index contributed by atoms with van der Waals surface area (Å²) in [5.41, 5.74) is 0.348. The van der Waals surface area contributed by atoms with E-state index in [-0.39, 0.29) is 42.5 Å². The van der Waals surface area contributed by atoms with Crippen LogP contribution in [0.5, 0.6) is 5.88 Å². The SMILES string of the molecule is CNCC(C)C(=O)Nc1ccc(OCC(F)(F)C(F)F)nc1.Cl.Cl. The first kappa shape index (κ1) is 24.9. The first-order chi connectivity index (χ1) is 10.3. The molecule has 5 nitrogen and oxygen atoms in total. The third-order valence-corrected chi connectivity index (χ3v) is 2.69. The molecule has 0 aliphatic heterocycles. The number of rotatable bonds is 8. The first-order valence-corrected chi connectivity index (χ1v) is 6.46. The Balaban J connectivity index is 0. The zero-order valence-corrected chi connectivity index (χ0v) is 14.5. The minimum Gasteiger partial charge on any atom is -0.471 e. The molecule has 11 heteroatoms. The number of nitrogens with one attached hydrogen (secondary N) is 2. The molecule has 0 aliphatic rings. The van der Waals surface area contributed by atoms with Crippen LogP contribution in [0.4, 0.5) is 23.2 Å². The number of nitrogens with zero attached hydrogens (tertiary/aromatic N) is 1. The summed E-state index contributed by atoms with van der Waals surface area (Å²) in [5, 5.41) is 5.43. The number of anilines is 1. The Kier molecular flexibility index (Phi) is 11.7. The van der Waals surface area contributed by atoms with E-state index in [4.69, 9.17) is 0 Å². The monoisotopic (exact) mass is 395 g/mol. The predicted molar refractivity (Wildman–Crippen MR) is 86.9 cm³/mol. The van der Waals surface area contributed by atoms with Gasteiger partial charge in [-0.25, -0.2) is 13.8 Å². The summed E-state index contributed by atoms with van der Waals surface area (Å²) in [5.74, 6) is -4.99. The second-order valence-electron chi connectivity index (χ2n) is 4.68. The molecular weight excluding hydrogens is 377 g/mol. The van der Waals surface area contributed by atoms with Gasteiger partial charge in [-0.05, 0) is 13.1 Å². The summed E-state index contributed by atoms with van der Waals surface area (Å²) in [4.78, 5) is 15.4. The second kappa shape index (κ2) is 11.3. The summed E-state index contributed by atoms with van der Waals surface area (Å²) >= 11 is 0.